The Hall–Kier alpha value is -1.37. The molecule has 0 amide bonds. The van der Waals surface area contributed by atoms with Gasteiger partial charge in [-0.05, 0) is 6.92 Å². The maximum absolute atomic E-state index is 8.42. The molecule has 0 saturated carbocycles. The second-order valence-electron chi connectivity index (χ2n) is 2.98. The van der Waals surface area contributed by atoms with Crippen LogP contribution in [0.4, 0.5) is 5.13 Å². The summed E-state index contributed by atoms with van der Waals surface area (Å²) in [7, 11) is 1.90. The summed E-state index contributed by atoms with van der Waals surface area (Å²) in [4.78, 5) is 1.94. The highest BCUT2D eigenvalue weighted by molar-refractivity contribution is 7.13. The molecule has 0 fully saturated rings. The fourth-order valence-corrected chi connectivity index (χ4v) is 1.62. The van der Waals surface area contributed by atoms with Gasteiger partial charge in [-0.2, -0.15) is 0 Å². The Bertz CT molecular complexity index is 299. The maximum Gasteiger partial charge on any atom is 0.208 e. The van der Waals surface area contributed by atoms with Crippen molar-refractivity contribution in [1.29, 1.82) is 0 Å². The van der Waals surface area contributed by atoms with E-state index in [1.807, 2.05) is 18.9 Å². The molecule has 3 N–H and O–H groups in total. The Morgan fingerprint density at radius 3 is 3.07 bits per heavy atom. The zero-order valence-corrected chi connectivity index (χ0v) is 8.90. The van der Waals surface area contributed by atoms with Gasteiger partial charge < -0.3 is 15.8 Å². The molecule has 0 aliphatic heterocycles. The van der Waals surface area contributed by atoms with Crippen LogP contribution in [0.3, 0.4) is 0 Å². The minimum absolute atomic E-state index is 0.124. The van der Waals surface area contributed by atoms with Crippen molar-refractivity contribution in [3.05, 3.63) is 5.51 Å². The van der Waals surface area contributed by atoms with Gasteiger partial charge in [-0.15, -0.1) is 10.2 Å². The van der Waals surface area contributed by atoms with Gasteiger partial charge in [0.2, 0.25) is 5.13 Å². The highest BCUT2D eigenvalue weighted by atomic mass is 32.1. The molecule has 0 radical (unpaired) electrons. The number of nitrogens with zero attached hydrogens (tertiary/aromatic N) is 4. The van der Waals surface area contributed by atoms with Gasteiger partial charge in [-0.3, -0.25) is 0 Å². The average molecular weight is 215 g/mol. The largest absolute Gasteiger partial charge is 0.409 e. The molecule has 1 aromatic rings. The van der Waals surface area contributed by atoms with Crippen molar-refractivity contribution in [3.8, 4) is 0 Å². The van der Waals surface area contributed by atoms with Crippen molar-refractivity contribution in [1.82, 2.24) is 10.2 Å². The molecule has 1 rings (SSSR count). The number of nitrogens with two attached hydrogens (primary N) is 1. The molecule has 0 bridgehead atoms. The highest BCUT2D eigenvalue weighted by Gasteiger charge is 2.13. The second-order valence-corrected chi connectivity index (χ2v) is 3.79. The third-order valence-electron chi connectivity index (χ3n) is 1.94. The van der Waals surface area contributed by atoms with Crippen molar-refractivity contribution in [3.63, 3.8) is 0 Å². The lowest BCUT2D eigenvalue weighted by Gasteiger charge is -2.22. The molecule has 0 spiro atoms. The lowest BCUT2D eigenvalue weighted by Crippen LogP contribution is -2.33. The molecule has 0 aromatic carbocycles. The minimum Gasteiger partial charge on any atom is -0.409 e. The summed E-state index contributed by atoms with van der Waals surface area (Å²) < 4.78 is 0. The lowest BCUT2D eigenvalue weighted by molar-refractivity contribution is 0.316. The van der Waals surface area contributed by atoms with Crippen molar-refractivity contribution in [2.75, 3.05) is 11.9 Å². The number of amidine groups is 1. The van der Waals surface area contributed by atoms with Gasteiger partial charge in [0.05, 0.1) is 0 Å². The minimum atomic E-state index is 0.124. The zero-order valence-electron chi connectivity index (χ0n) is 8.08. The molecule has 0 aliphatic rings. The van der Waals surface area contributed by atoms with E-state index in [0.717, 1.165) is 5.13 Å². The summed E-state index contributed by atoms with van der Waals surface area (Å²) in [5, 5.41) is 19.8. The predicted molar refractivity (Wildman–Crippen MR) is 55.8 cm³/mol. The smallest absolute Gasteiger partial charge is 0.208 e. The quantitative estimate of drug-likeness (QED) is 0.330. The van der Waals surface area contributed by atoms with Gasteiger partial charge in [0.15, 0.2) is 0 Å². The van der Waals surface area contributed by atoms with E-state index in [1.54, 1.807) is 5.51 Å². The van der Waals surface area contributed by atoms with Gasteiger partial charge >= 0.3 is 0 Å². The van der Waals surface area contributed by atoms with E-state index in [4.69, 9.17) is 10.9 Å². The van der Waals surface area contributed by atoms with Crippen LogP contribution in [0.1, 0.15) is 13.3 Å². The van der Waals surface area contributed by atoms with Crippen LogP contribution in [0.15, 0.2) is 10.7 Å². The summed E-state index contributed by atoms with van der Waals surface area (Å²) in [6.45, 7) is 1.97. The first kappa shape index (κ1) is 10.7. The predicted octanol–water partition coefficient (Wildman–Crippen LogP) is 0.499. The van der Waals surface area contributed by atoms with E-state index in [-0.39, 0.29) is 11.9 Å². The second kappa shape index (κ2) is 4.75. The average Bonchev–Trinajstić information content (AvgIpc) is 2.69. The number of aromatic nitrogens is 2. The SMILES string of the molecule is CC(CC(N)=NO)N(C)c1nncs1. The lowest BCUT2D eigenvalue weighted by atomic mass is 10.2. The van der Waals surface area contributed by atoms with Gasteiger partial charge in [-0.1, -0.05) is 16.5 Å². The van der Waals surface area contributed by atoms with Gasteiger partial charge in [0.25, 0.3) is 0 Å². The van der Waals surface area contributed by atoms with Crippen LogP contribution in [0.2, 0.25) is 0 Å². The summed E-state index contributed by atoms with van der Waals surface area (Å²) in [5.41, 5.74) is 7.07. The third kappa shape index (κ3) is 2.56. The molecule has 1 atom stereocenters. The summed E-state index contributed by atoms with van der Waals surface area (Å²) in [6, 6.07) is 0.124. The van der Waals surface area contributed by atoms with Gasteiger partial charge in [-0.25, -0.2) is 0 Å². The molecule has 0 aliphatic carbocycles. The number of oxime groups is 1. The van der Waals surface area contributed by atoms with E-state index >= 15 is 0 Å². The van der Waals surface area contributed by atoms with Gasteiger partial charge in [0, 0.05) is 19.5 Å². The Morgan fingerprint density at radius 2 is 2.57 bits per heavy atom. The topological polar surface area (TPSA) is 87.6 Å². The molecule has 6 nitrogen and oxygen atoms in total. The Morgan fingerprint density at radius 1 is 1.86 bits per heavy atom. The van der Waals surface area contributed by atoms with Crippen molar-refractivity contribution in [2.24, 2.45) is 10.9 Å². The molecule has 0 saturated heterocycles. The van der Waals surface area contributed by atoms with Crippen molar-refractivity contribution < 1.29 is 5.21 Å². The molecular formula is C7H13N5OS. The van der Waals surface area contributed by atoms with E-state index in [0.29, 0.717) is 6.42 Å². The van der Waals surface area contributed by atoms with Crippen molar-refractivity contribution >= 4 is 22.3 Å². The van der Waals surface area contributed by atoms with Crippen LogP contribution in [0.25, 0.3) is 0 Å². The van der Waals surface area contributed by atoms with E-state index in [1.165, 1.54) is 11.3 Å². The van der Waals surface area contributed by atoms with Crippen LogP contribution in [0, 0.1) is 0 Å². The van der Waals surface area contributed by atoms with Crippen LogP contribution < -0.4 is 10.6 Å². The molecule has 7 heteroatoms. The fraction of sp³-hybridized carbons (Fsp3) is 0.571. The molecule has 1 aromatic heterocycles. The third-order valence-corrected chi connectivity index (χ3v) is 2.72. The van der Waals surface area contributed by atoms with Crippen LogP contribution >= 0.6 is 11.3 Å². The van der Waals surface area contributed by atoms with Crippen LogP contribution in [0.5, 0.6) is 0 Å². The number of rotatable bonds is 4. The molecule has 1 unspecified atom stereocenters. The molecule has 1 heterocycles. The molecule has 78 valence electrons. The first-order valence-corrected chi connectivity index (χ1v) is 4.98. The molecule has 14 heavy (non-hydrogen) atoms. The summed E-state index contributed by atoms with van der Waals surface area (Å²) >= 11 is 1.45. The Labute approximate surface area is 86.0 Å². The monoisotopic (exact) mass is 215 g/mol. The van der Waals surface area contributed by atoms with Crippen LogP contribution in [-0.4, -0.2) is 34.3 Å². The Kier molecular flexibility index (Phi) is 3.63. The maximum atomic E-state index is 8.42. The summed E-state index contributed by atoms with van der Waals surface area (Å²) in [5.74, 6) is 0.217. The van der Waals surface area contributed by atoms with Gasteiger partial charge in [0.1, 0.15) is 11.3 Å². The van der Waals surface area contributed by atoms with Crippen LogP contribution in [-0.2, 0) is 0 Å². The Balaban J connectivity index is 2.57. The van der Waals surface area contributed by atoms with Crippen molar-refractivity contribution in [2.45, 2.75) is 19.4 Å². The number of hydrogen-bond acceptors (Lipinski definition) is 6. The van der Waals surface area contributed by atoms with E-state index in [2.05, 4.69) is 15.4 Å². The fourth-order valence-electron chi connectivity index (χ4n) is 0.990. The van der Waals surface area contributed by atoms with E-state index < -0.39 is 0 Å². The summed E-state index contributed by atoms with van der Waals surface area (Å²) in [6.07, 6.45) is 0.493. The normalized spacial score (nSPS) is 14.0. The molecular weight excluding hydrogens is 202 g/mol. The number of hydrogen-bond donors (Lipinski definition) is 2. The number of anilines is 1. The standard InChI is InChI=1S/C7H13N5OS/c1-5(3-6(8)11-13)12(2)7-10-9-4-14-7/h4-5,13H,3H2,1-2H3,(H2,8,11). The zero-order chi connectivity index (χ0) is 10.6. The first-order valence-electron chi connectivity index (χ1n) is 4.10. The van der Waals surface area contributed by atoms with E-state index in [9.17, 15) is 0 Å². The highest BCUT2D eigenvalue weighted by Crippen LogP contribution is 2.17. The first-order chi connectivity index (χ1) is 6.65.